The fraction of sp³-hybridized carbons (Fsp3) is 1.00. The average molecular weight is 158 g/mol. The Kier molecular flexibility index (Phi) is 14.8. The van der Waals surface area contributed by atoms with Gasteiger partial charge in [0, 0.05) is 7.11 Å². The van der Waals surface area contributed by atoms with Gasteiger partial charge in [-0.3, -0.25) is 0 Å². The Balaban J connectivity index is -0.0000000208. The molecule has 0 aliphatic rings. The van der Waals surface area contributed by atoms with E-state index >= 15 is 0 Å². The molecule has 8 heavy (non-hydrogen) atoms. The van der Waals surface area contributed by atoms with Crippen molar-refractivity contribution >= 4 is 9.05 Å². The Morgan fingerprint density at radius 2 is 1.38 bits per heavy atom. The zero-order valence-electron chi connectivity index (χ0n) is 7.25. The van der Waals surface area contributed by atoms with E-state index in [0.29, 0.717) is 0 Å². The van der Waals surface area contributed by atoms with E-state index in [1.54, 1.807) is 0 Å². The molecule has 0 bridgehead atoms. The van der Waals surface area contributed by atoms with Crippen LogP contribution in [0, 0.1) is 0 Å². The third-order valence-corrected chi connectivity index (χ3v) is 0.822. The van der Waals surface area contributed by atoms with E-state index in [1.165, 1.54) is 0 Å². The second-order valence-electron chi connectivity index (χ2n) is 0.778. The maximum atomic E-state index is 7.85. The van der Waals surface area contributed by atoms with Crippen LogP contribution in [0.5, 0.6) is 0 Å². The Bertz CT molecular complexity index is 51.0. The first-order valence-corrected chi connectivity index (χ1v) is 3.03. The van der Waals surface area contributed by atoms with Crippen molar-refractivity contribution in [3.63, 3.8) is 0 Å². The van der Waals surface area contributed by atoms with Crippen molar-refractivity contribution in [3.05, 3.63) is 0 Å². The first kappa shape index (κ1) is 16.6. The van der Waals surface area contributed by atoms with Gasteiger partial charge in [-0.05, 0) is 0 Å². The summed E-state index contributed by atoms with van der Waals surface area (Å²) in [5.41, 5.74) is 0. The smallest absolute Gasteiger partial charge is 1.00 e. The van der Waals surface area contributed by atoms with Crippen LogP contribution in [0.3, 0.4) is 0 Å². The molecule has 0 atom stereocenters. The fourth-order valence-electron chi connectivity index (χ4n) is 0. The third-order valence-electron chi connectivity index (χ3n) is 0.274. The molecule has 0 saturated carbocycles. The minimum Gasteiger partial charge on any atom is -1.00 e. The zero-order valence-corrected chi connectivity index (χ0v) is 10.2. The van der Waals surface area contributed by atoms with Crippen molar-refractivity contribution in [2.45, 2.75) is 0 Å². The summed E-state index contributed by atoms with van der Waals surface area (Å²) < 4.78 is 3.74. The van der Waals surface area contributed by atoms with E-state index in [-0.39, 0.29) is 62.0 Å². The van der Waals surface area contributed by atoms with Crippen LogP contribution in [-0.2, 0) is 4.43 Å². The van der Waals surface area contributed by atoms with Crippen LogP contribution in [0.1, 0.15) is 2.85 Å². The van der Waals surface area contributed by atoms with E-state index in [4.69, 9.17) is 14.4 Å². The molecule has 42 valence electrons. The fourth-order valence-corrected chi connectivity index (χ4v) is 0. The SMILES string of the molecule is CO[Si](O)(O)O.[H-].[H-].[Na+].[Na+]. The molecule has 0 aromatic carbocycles. The molecule has 7 heteroatoms. The van der Waals surface area contributed by atoms with Gasteiger partial charge in [0.2, 0.25) is 0 Å². The van der Waals surface area contributed by atoms with Crippen LogP contribution in [0.15, 0.2) is 0 Å². The molecular formula is CH8Na2O4Si. The summed E-state index contributed by atoms with van der Waals surface area (Å²) in [5.74, 6) is 0. The van der Waals surface area contributed by atoms with E-state index < -0.39 is 9.05 Å². The van der Waals surface area contributed by atoms with E-state index in [1.807, 2.05) is 0 Å². The van der Waals surface area contributed by atoms with Gasteiger partial charge in [-0.1, -0.05) is 0 Å². The minimum atomic E-state index is -4.13. The van der Waals surface area contributed by atoms with Gasteiger partial charge in [-0.15, -0.1) is 0 Å². The molecule has 0 rings (SSSR count). The van der Waals surface area contributed by atoms with Crippen molar-refractivity contribution in [1.29, 1.82) is 0 Å². The van der Waals surface area contributed by atoms with Crippen LogP contribution in [0.4, 0.5) is 0 Å². The predicted molar refractivity (Wildman–Crippen MR) is 21.6 cm³/mol. The molecule has 0 saturated heterocycles. The van der Waals surface area contributed by atoms with Crippen LogP contribution in [0.25, 0.3) is 0 Å². The summed E-state index contributed by atoms with van der Waals surface area (Å²) in [6.07, 6.45) is 0. The van der Waals surface area contributed by atoms with Gasteiger partial charge in [-0.25, -0.2) is 0 Å². The third kappa shape index (κ3) is 15.7. The molecule has 0 amide bonds. The van der Waals surface area contributed by atoms with Gasteiger partial charge in [0.15, 0.2) is 0 Å². The molecule has 0 radical (unpaired) electrons. The topological polar surface area (TPSA) is 69.9 Å². The van der Waals surface area contributed by atoms with Crippen molar-refractivity contribution in [2.75, 3.05) is 7.11 Å². The van der Waals surface area contributed by atoms with Crippen LogP contribution < -0.4 is 59.1 Å². The Morgan fingerprint density at radius 1 is 1.25 bits per heavy atom. The van der Waals surface area contributed by atoms with Crippen LogP contribution in [0.2, 0.25) is 0 Å². The van der Waals surface area contributed by atoms with Crippen molar-refractivity contribution < 1.29 is 80.8 Å². The van der Waals surface area contributed by atoms with Gasteiger partial charge in [0.1, 0.15) is 0 Å². The molecule has 0 aliphatic carbocycles. The van der Waals surface area contributed by atoms with Gasteiger partial charge < -0.3 is 21.7 Å². The number of hydrogen-bond donors (Lipinski definition) is 3. The quantitative estimate of drug-likeness (QED) is 0.331. The van der Waals surface area contributed by atoms with Gasteiger partial charge in [-0.2, -0.15) is 0 Å². The standard InChI is InChI=1S/CH6O4Si.2Na.2H/c1-5-6(2,3)4;;;;/h2-4H,1H3;;;;/q;2*+1;2*-1. The summed E-state index contributed by atoms with van der Waals surface area (Å²) in [6.45, 7) is 0. The van der Waals surface area contributed by atoms with Gasteiger partial charge >= 0.3 is 68.2 Å². The molecule has 0 spiro atoms. The van der Waals surface area contributed by atoms with Crippen LogP contribution >= 0.6 is 0 Å². The first-order valence-electron chi connectivity index (χ1n) is 1.28. The maximum absolute atomic E-state index is 7.85. The zero-order chi connectivity index (χ0) is 5.21. The molecule has 0 aromatic heterocycles. The van der Waals surface area contributed by atoms with Crippen molar-refractivity contribution in [3.8, 4) is 0 Å². The van der Waals surface area contributed by atoms with E-state index in [2.05, 4.69) is 4.43 Å². The Labute approximate surface area is 95.9 Å². The monoisotopic (exact) mass is 158 g/mol. The largest absolute Gasteiger partial charge is 1.00 e. The molecule has 0 aromatic rings. The van der Waals surface area contributed by atoms with Gasteiger partial charge in [0.05, 0.1) is 0 Å². The Hall–Kier alpha value is 2.06. The van der Waals surface area contributed by atoms with Crippen molar-refractivity contribution in [2.24, 2.45) is 0 Å². The summed E-state index contributed by atoms with van der Waals surface area (Å²) in [5, 5.41) is 0. The molecule has 0 unspecified atom stereocenters. The summed E-state index contributed by atoms with van der Waals surface area (Å²) in [7, 11) is -3.11. The summed E-state index contributed by atoms with van der Waals surface area (Å²) >= 11 is 0. The van der Waals surface area contributed by atoms with E-state index in [9.17, 15) is 0 Å². The van der Waals surface area contributed by atoms with Gasteiger partial charge in [0.25, 0.3) is 0 Å². The number of hydrogen-bond acceptors (Lipinski definition) is 4. The molecule has 0 fully saturated rings. The molecule has 4 nitrogen and oxygen atoms in total. The first-order chi connectivity index (χ1) is 2.56. The molecule has 3 N–H and O–H groups in total. The molecule has 0 heterocycles. The predicted octanol–water partition coefficient (Wildman–Crippen LogP) is -7.72. The van der Waals surface area contributed by atoms with E-state index in [0.717, 1.165) is 7.11 Å². The van der Waals surface area contributed by atoms with Crippen LogP contribution in [-0.4, -0.2) is 30.5 Å². The summed E-state index contributed by atoms with van der Waals surface area (Å²) in [6, 6.07) is 0. The maximum Gasteiger partial charge on any atom is 1.00 e. The Morgan fingerprint density at radius 3 is 1.38 bits per heavy atom. The number of rotatable bonds is 1. The minimum absolute atomic E-state index is 0. The normalized spacial score (nSPS) is 9.00. The molecular weight excluding hydrogens is 150 g/mol. The second kappa shape index (κ2) is 7.17. The summed E-state index contributed by atoms with van der Waals surface area (Å²) in [4.78, 5) is 23.6. The second-order valence-corrected chi connectivity index (χ2v) is 2.33. The average Bonchev–Trinajstić information content (AvgIpc) is 1.35. The van der Waals surface area contributed by atoms with Crippen molar-refractivity contribution in [1.82, 2.24) is 0 Å². The molecule has 0 aliphatic heterocycles.